The van der Waals surface area contributed by atoms with E-state index in [9.17, 15) is 10.1 Å². The number of aromatic nitrogens is 3. The molecule has 0 aliphatic carbocycles. The van der Waals surface area contributed by atoms with Gasteiger partial charge in [0.05, 0.1) is 11.5 Å². The smallest absolute Gasteiger partial charge is 0.287 e. The summed E-state index contributed by atoms with van der Waals surface area (Å²) in [5, 5.41) is 18.0. The second-order valence-electron chi connectivity index (χ2n) is 4.39. The van der Waals surface area contributed by atoms with E-state index in [0.29, 0.717) is 12.4 Å². The zero-order valence-corrected chi connectivity index (χ0v) is 10.8. The Labute approximate surface area is 110 Å². The normalized spacial score (nSPS) is 12.1. The summed E-state index contributed by atoms with van der Waals surface area (Å²) < 4.78 is 1.82. The Kier molecular flexibility index (Phi) is 3.74. The van der Waals surface area contributed by atoms with E-state index in [0.717, 1.165) is 5.56 Å². The molecule has 0 aromatic carbocycles. The standard InChI is InChI=1S/C12H15N5O2/c1-9-6-11(17(18)19)7-13-12(9)15-10(2)8-16-5-3-4-14-16/h3-7,10H,8H2,1-2H3,(H,13,15). The summed E-state index contributed by atoms with van der Waals surface area (Å²) >= 11 is 0. The van der Waals surface area contributed by atoms with Gasteiger partial charge in [0.15, 0.2) is 0 Å². The zero-order chi connectivity index (χ0) is 13.8. The van der Waals surface area contributed by atoms with Crippen LogP contribution in [0.15, 0.2) is 30.7 Å². The number of nitro groups is 1. The fourth-order valence-electron chi connectivity index (χ4n) is 1.78. The molecule has 0 aliphatic heterocycles. The number of nitrogens with zero attached hydrogens (tertiary/aromatic N) is 4. The second kappa shape index (κ2) is 5.47. The molecule has 7 heteroatoms. The first-order chi connectivity index (χ1) is 9.06. The van der Waals surface area contributed by atoms with Crippen LogP contribution in [-0.2, 0) is 6.54 Å². The van der Waals surface area contributed by atoms with Crippen LogP contribution in [0.4, 0.5) is 11.5 Å². The third-order valence-electron chi connectivity index (χ3n) is 2.68. The average Bonchev–Trinajstić information content (AvgIpc) is 2.84. The van der Waals surface area contributed by atoms with E-state index >= 15 is 0 Å². The third kappa shape index (κ3) is 3.27. The van der Waals surface area contributed by atoms with Gasteiger partial charge in [-0.25, -0.2) is 4.98 Å². The first-order valence-corrected chi connectivity index (χ1v) is 5.91. The molecular weight excluding hydrogens is 246 g/mol. The van der Waals surface area contributed by atoms with Crippen molar-refractivity contribution in [2.24, 2.45) is 0 Å². The van der Waals surface area contributed by atoms with Gasteiger partial charge in [0.25, 0.3) is 5.69 Å². The van der Waals surface area contributed by atoms with Gasteiger partial charge in [-0.1, -0.05) is 0 Å². The van der Waals surface area contributed by atoms with Crippen LogP contribution >= 0.6 is 0 Å². The van der Waals surface area contributed by atoms with Crippen LogP contribution < -0.4 is 5.32 Å². The van der Waals surface area contributed by atoms with Crippen LogP contribution in [0.25, 0.3) is 0 Å². The summed E-state index contributed by atoms with van der Waals surface area (Å²) in [6, 6.07) is 3.49. The van der Waals surface area contributed by atoms with Crippen molar-refractivity contribution >= 4 is 11.5 Å². The molecule has 1 unspecified atom stereocenters. The maximum atomic E-state index is 10.6. The lowest BCUT2D eigenvalue weighted by molar-refractivity contribution is -0.385. The Bertz CT molecular complexity index is 568. The van der Waals surface area contributed by atoms with Gasteiger partial charge in [-0.05, 0) is 25.5 Å². The van der Waals surface area contributed by atoms with Crippen molar-refractivity contribution in [3.8, 4) is 0 Å². The van der Waals surface area contributed by atoms with Gasteiger partial charge in [-0.15, -0.1) is 0 Å². The Morgan fingerprint density at radius 3 is 2.95 bits per heavy atom. The SMILES string of the molecule is Cc1cc([N+](=O)[O-])cnc1NC(C)Cn1cccn1. The van der Waals surface area contributed by atoms with Crippen LogP contribution in [-0.4, -0.2) is 25.7 Å². The van der Waals surface area contributed by atoms with Crippen LogP contribution in [0, 0.1) is 17.0 Å². The highest BCUT2D eigenvalue weighted by atomic mass is 16.6. The van der Waals surface area contributed by atoms with E-state index in [1.165, 1.54) is 12.3 Å². The van der Waals surface area contributed by atoms with Gasteiger partial charge in [0.2, 0.25) is 0 Å². The van der Waals surface area contributed by atoms with Gasteiger partial charge in [-0.3, -0.25) is 14.8 Å². The lowest BCUT2D eigenvalue weighted by Gasteiger charge is -2.15. The molecule has 2 aromatic heterocycles. The summed E-state index contributed by atoms with van der Waals surface area (Å²) in [5.41, 5.74) is 0.754. The number of hydrogen-bond donors (Lipinski definition) is 1. The largest absolute Gasteiger partial charge is 0.366 e. The van der Waals surface area contributed by atoms with Crippen molar-refractivity contribution < 1.29 is 4.92 Å². The molecule has 1 N–H and O–H groups in total. The molecule has 19 heavy (non-hydrogen) atoms. The molecule has 0 bridgehead atoms. The molecule has 1 atom stereocenters. The van der Waals surface area contributed by atoms with Crippen molar-refractivity contribution in [2.45, 2.75) is 26.4 Å². The molecule has 0 fully saturated rings. The molecule has 100 valence electrons. The number of rotatable bonds is 5. The first-order valence-electron chi connectivity index (χ1n) is 5.91. The van der Waals surface area contributed by atoms with Crippen molar-refractivity contribution in [1.82, 2.24) is 14.8 Å². The summed E-state index contributed by atoms with van der Waals surface area (Å²) in [5.74, 6) is 0.658. The minimum atomic E-state index is -0.447. The monoisotopic (exact) mass is 261 g/mol. The molecular formula is C12H15N5O2. The van der Waals surface area contributed by atoms with Gasteiger partial charge >= 0.3 is 0 Å². The maximum Gasteiger partial charge on any atom is 0.287 e. The van der Waals surface area contributed by atoms with Gasteiger partial charge in [0, 0.05) is 24.5 Å². The Morgan fingerprint density at radius 1 is 1.58 bits per heavy atom. The third-order valence-corrected chi connectivity index (χ3v) is 2.68. The molecule has 2 aromatic rings. The molecule has 0 spiro atoms. The van der Waals surface area contributed by atoms with Crippen LogP contribution in [0.3, 0.4) is 0 Å². The summed E-state index contributed by atoms with van der Waals surface area (Å²) in [6.07, 6.45) is 4.87. The Balaban J connectivity index is 2.04. The number of nitrogens with one attached hydrogen (secondary N) is 1. The highest BCUT2D eigenvalue weighted by Crippen LogP contribution is 2.18. The summed E-state index contributed by atoms with van der Waals surface area (Å²) in [7, 11) is 0. The highest BCUT2D eigenvalue weighted by molar-refractivity contribution is 5.48. The van der Waals surface area contributed by atoms with Gasteiger partial charge in [-0.2, -0.15) is 5.10 Å². The maximum absolute atomic E-state index is 10.6. The van der Waals surface area contributed by atoms with Crippen molar-refractivity contribution in [2.75, 3.05) is 5.32 Å². The molecule has 2 rings (SSSR count). The predicted molar refractivity (Wildman–Crippen MR) is 70.9 cm³/mol. The fourth-order valence-corrected chi connectivity index (χ4v) is 1.78. The number of anilines is 1. The quantitative estimate of drug-likeness (QED) is 0.657. The Hall–Kier alpha value is -2.44. The van der Waals surface area contributed by atoms with Crippen molar-refractivity contribution in [3.63, 3.8) is 0 Å². The molecule has 7 nitrogen and oxygen atoms in total. The van der Waals surface area contributed by atoms with Crippen LogP contribution in [0.2, 0.25) is 0 Å². The average molecular weight is 261 g/mol. The first kappa shape index (κ1) is 13.0. The van der Waals surface area contributed by atoms with Gasteiger partial charge < -0.3 is 5.32 Å². The van der Waals surface area contributed by atoms with E-state index in [2.05, 4.69) is 15.4 Å². The molecule has 0 aliphatic rings. The molecule has 2 heterocycles. The van der Waals surface area contributed by atoms with E-state index < -0.39 is 4.92 Å². The lowest BCUT2D eigenvalue weighted by atomic mass is 10.2. The fraction of sp³-hybridized carbons (Fsp3) is 0.333. The van der Waals surface area contributed by atoms with E-state index in [1.54, 1.807) is 13.1 Å². The number of pyridine rings is 1. The summed E-state index contributed by atoms with van der Waals surface area (Å²) in [4.78, 5) is 14.3. The number of aryl methyl sites for hydroxylation is 1. The minimum Gasteiger partial charge on any atom is -0.366 e. The Morgan fingerprint density at radius 2 is 2.37 bits per heavy atom. The van der Waals surface area contributed by atoms with Crippen molar-refractivity contribution in [3.05, 3.63) is 46.4 Å². The predicted octanol–water partition coefficient (Wildman–Crippen LogP) is 2.00. The topological polar surface area (TPSA) is 85.9 Å². The molecule has 0 saturated heterocycles. The number of hydrogen-bond acceptors (Lipinski definition) is 5. The van der Waals surface area contributed by atoms with Gasteiger partial charge in [0.1, 0.15) is 12.0 Å². The van der Waals surface area contributed by atoms with E-state index in [4.69, 9.17) is 0 Å². The van der Waals surface area contributed by atoms with E-state index in [1.807, 2.05) is 23.9 Å². The summed E-state index contributed by atoms with van der Waals surface area (Å²) in [6.45, 7) is 4.50. The lowest BCUT2D eigenvalue weighted by Crippen LogP contribution is -2.23. The molecule has 0 amide bonds. The van der Waals surface area contributed by atoms with Crippen LogP contribution in [0.1, 0.15) is 12.5 Å². The van der Waals surface area contributed by atoms with Crippen LogP contribution in [0.5, 0.6) is 0 Å². The highest BCUT2D eigenvalue weighted by Gasteiger charge is 2.11. The molecule has 0 radical (unpaired) electrons. The minimum absolute atomic E-state index is 0.00257. The second-order valence-corrected chi connectivity index (χ2v) is 4.39. The molecule has 0 saturated carbocycles. The zero-order valence-electron chi connectivity index (χ0n) is 10.8. The van der Waals surface area contributed by atoms with E-state index in [-0.39, 0.29) is 11.7 Å². The van der Waals surface area contributed by atoms with Crippen molar-refractivity contribution in [1.29, 1.82) is 0 Å².